The number of para-hydroxylation sites is 1. The molecule has 0 bridgehead atoms. The number of hydrazine groups is 2. The molecule has 0 amide bonds. The van der Waals surface area contributed by atoms with Crippen molar-refractivity contribution in [1.82, 2.24) is 15.9 Å². The maximum Gasteiger partial charge on any atom is 0.226 e. The Morgan fingerprint density at radius 2 is 1.75 bits per heavy atom. The van der Waals surface area contributed by atoms with Crippen molar-refractivity contribution in [2.45, 2.75) is 11.4 Å². The van der Waals surface area contributed by atoms with E-state index in [1.165, 1.54) is 18.2 Å². The summed E-state index contributed by atoms with van der Waals surface area (Å²) < 4.78 is 40.3. The topological polar surface area (TPSA) is 77.0 Å². The van der Waals surface area contributed by atoms with Gasteiger partial charge in [-0.3, -0.25) is 5.43 Å². The van der Waals surface area contributed by atoms with Crippen molar-refractivity contribution in [2.24, 2.45) is 4.99 Å². The summed E-state index contributed by atoms with van der Waals surface area (Å²) in [6.07, 6.45) is 0. The van der Waals surface area contributed by atoms with Gasteiger partial charge in [-0.05, 0) is 35.9 Å². The summed E-state index contributed by atoms with van der Waals surface area (Å²) in [5.41, 5.74) is 8.31. The number of amidine groups is 1. The zero-order chi connectivity index (χ0) is 22.3. The van der Waals surface area contributed by atoms with Crippen LogP contribution in [0.4, 0.5) is 10.1 Å². The smallest absolute Gasteiger partial charge is 0.226 e. The Morgan fingerprint density at radius 1 is 1.00 bits per heavy atom. The van der Waals surface area contributed by atoms with Gasteiger partial charge < -0.3 is 4.90 Å². The number of nitrogens with zero attached hydrogens (tertiary/aromatic N) is 3. The summed E-state index contributed by atoms with van der Waals surface area (Å²) in [6, 6.07) is 22.5. The van der Waals surface area contributed by atoms with Crippen LogP contribution in [-0.2, 0) is 16.4 Å². The second-order valence-corrected chi connectivity index (χ2v) is 9.37. The summed E-state index contributed by atoms with van der Waals surface area (Å²) >= 11 is 0. The number of halogens is 1. The average Bonchev–Trinajstić information content (AvgIpc) is 3.24. The fraction of sp³-hybridized carbons (Fsp3) is 0.0870. The van der Waals surface area contributed by atoms with Gasteiger partial charge >= 0.3 is 0 Å². The van der Waals surface area contributed by atoms with E-state index in [0.717, 1.165) is 22.9 Å². The molecule has 2 N–H and O–H groups in total. The standard InChI is InChI=1S/C23H20FN5O2S/c1-28(15-16-8-3-2-4-9-16)21-19-12-5-6-13-20(19)29-22(25-21)23(26-27-29)32(30,31)18-11-7-10-17(24)14-18/h2-14,26-27H,15H2,1H3. The molecule has 32 heavy (non-hydrogen) atoms. The van der Waals surface area contributed by atoms with Gasteiger partial charge in [0.15, 0.2) is 10.9 Å². The van der Waals surface area contributed by atoms with Gasteiger partial charge in [0.2, 0.25) is 9.84 Å². The summed E-state index contributed by atoms with van der Waals surface area (Å²) in [5.74, 6) is 0.205. The first-order chi connectivity index (χ1) is 15.4. The monoisotopic (exact) mass is 449 g/mol. The fourth-order valence-electron chi connectivity index (χ4n) is 3.77. The molecule has 9 heteroatoms. The maximum absolute atomic E-state index is 13.7. The second-order valence-electron chi connectivity index (χ2n) is 7.48. The molecule has 0 saturated heterocycles. The van der Waals surface area contributed by atoms with Crippen LogP contribution in [0.5, 0.6) is 0 Å². The Hall–Kier alpha value is -3.69. The molecule has 162 valence electrons. The van der Waals surface area contributed by atoms with Crippen molar-refractivity contribution < 1.29 is 12.8 Å². The lowest BCUT2D eigenvalue weighted by molar-refractivity contribution is 0.498. The number of anilines is 1. The predicted octanol–water partition coefficient (Wildman–Crippen LogP) is 3.15. The van der Waals surface area contributed by atoms with E-state index >= 15 is 0 Å². The number of fused-ring (bicyclic) bond motifs is 3. The Bertz CT molecular complexity index is 1360. The first-order valence-electron chi connectivity index (χ1n) is 9.95. The molecular formula is C23H20FN5O2S. The summed E-state index contributed by atoms with van der Waals surface area (Å²) in [4.78, 5) is 6.55. The van der Waals surface area contributed by atoms with Gasteiger partial charge in [0, 0.05) is 19.2 Å². The van der Waals surface area contributed by atoms with Crippen molar-refractivity contribution in [3.63, 3.8) is 0 Å². The third kappa shape index (κ3) is 3.41. The molecule has 0 spiro atoms. The minimum absolute atomic E-state index is 0.136. The number of benzene rings is 3. The Labute approximate surface area is 185 Å². The van der Waals surface area contributed by atoms with Crippen LogP contribution in [0, 0.1) is 5.82 Å². The molecule has 0 aliphatic carbocycles. The summed E-state index contributed by atoms with van der Waals surface area (Å²) in [5, 5.41) is 1.45. The molecule has 0 fully saturated rings. The van der Waals surface area contributed by atoms with Gasteiger partial charge in [0.05, 0.1) is 10.6 Å². The van der Waals surface area contributed by atoms with E-state index in [4.69, 9.17) is 4.99 Å². The lowest BCUT2D eigenvalue weighted by atomic mass is 10.1. The molecule has 7 nitrogen and oxygen atoms in total. The number of nitrogens with one attached hydrogen (secondary N) is 2. The molecule has 0 atom stereocenters. The molecule has 2 aliphatic rings. The normalized spacial score (nSPS) is 15.1. The molecule has 0 saturated carbocycles. The molecule has 0 radical (unpaired) electrons. The molecular weight excluding hydrogens is 429 g/mol. The Morgan fingerprint density at radius 3 is 2.53 bits per heavy atom. The van der Waals surface area contributed by atoms with E-state index in [1.54, 1.807) is 5.01 Å². The van der Waals surface area contributed by atoms with Crippen LogP contribution in [0.2, 0.25) is 0 Å². The van der Waals surface area contributed by atoms with Gasteiger partial charge in [-0.1, -0.05) is 48.5 Å². The highest BCUT2D eigenvalue weighted by molar-refractivity contribution is 7.95. The van der Waals surface area contributed by atoms with Gasteiger partial charge in [-0.15, -0.1) is 5.53 Å². The van der Waals surface area contributed by atoms with Gasteiger partial charge in [-0.25, -0.2) is 22.8 Å². The molecule has 5 rings (SSSR count). The number of hydrogen-bond acceptors (Lipinski definition) is 7. The van der Waals surface area contributed by atoms with Crippen molar-refractivity contribution in [3.05, 3.63) is 107 Å². The highest BCUT2D eigenvalue weighted by atomic mass is 32.2. The molecule has 0 unspecified atom stereocenters. The highest BCUT2D eigenvalue weighted by Crippen LogP contribution is 2.35. The van der Waals surface area contributed by atoms with Crippen molar-refractivity contribution >= 4 is 21.4 Å². The van der Waals surface area contributed by atoms with E-state index in [1.807, 2.05) is 66.5 Å². The second kappa shape index (κ2) is 7.77. The van der Waals surface area contributed by atoms with E-state index in [9.17, 15) is 12.8 Å². The zero-order valence-electron chi connectivity index (χ0n) is 17.2. The SMILES string of the molecule is CN(Cc1ccccc1)C1=NC2=C(S(=O)(=O)c3cccc(F)c3)NNN2c2ccccc21. The van der Waals surface area contributed by atoms with Crippen LogP contribution < -0.4 is 16.0 Å². The molecule has 3 aromatic rings. The van der Waals surface area contributed by atoms with Gasteiger partial charge in [0.1, 0.15) is 11.7 Å². The lowest BCUT2D eigenvalue weighted by Gasteiger charge is -2.31. The largest absolute Gasteiger partial charge is 0.355 e. The van der Waals surface area contributed by atoms with E-state index in [2.05, 4.69) is 11.0 Å². The summed E-state index contributed by atoms with van der Waals surface area (Å²) in [6.45, 7) is 0.591. The van der Waals surface area contributed by atoms with Gasteiger partial charge in [0.25, 0.3) is 0 Å². The molecule has 2 aliphatic heterocycles. The van der Waals surface area contributed by atoms with E-state index in [0.29, 0.717) is 12.4 Å². The van der Waals surface area contributed by atoms with Crippen LogP contribution >= 0.6 is 0 Å². The van der Waals surface area contributed by atoms with Crippen LogP contribution in [0.15, 0.2) is 99.6 Å². The van der Waals surface area contributed by atoms with Crippen molar-refractivity contribution in [2.75, 3.05) is 12.1 Å². The zero-order valence-corrected chi connectivity index (χ0v) is 18.0. The molecule has 0 aromatic heterocycles. The number of hydrogen-bond donors (Lipinski definition) is 2. The third-order valence-corrected chi connectivity index (χ3v) is 6.99. The third-order valence-electron chi connectivity index (χ3n) is 5.29. The summed E-state index contributed by atoms with van der Waals surface area (Å²) in [7, 11) is -2.13. The van der Waals surface area contributed by atoms with Gasteiger partial charge in [-0.2, -0.15) is 0 Å². The Kier molecular flexibility index (Phi) is 4.91. The van der Waals surface area contributed by atoms with E-state index < -0.39 is 15.7 Å². The minimum Gasteiger partial charge on any atom is -0.355 e. The van der Waals surface area contributed by atoms with Crippen LogP contribution in [-0.4, -0.2) is 26.2 Å². The van der Waals surface area contributed by atoms with Crippen molar-refractivity contribution in [1.29, 1.82) is 0 Å². The first kappa shape index (κ1) is 20.2. The van der Waals surface area contributed by atoms with Crippen LogP contribution in [0.3, 0.4) is 0 Å². The lowest BCUT2D eigenvalue weighted by Crippen LogP contribution is -2.42. The number of aliphatic imine (C=N–C) groups is 1. The quantitative estimate of drug-likeness (QED) is 0.637. The number of rotatable bonds is 4. The highest BCUT2D eigenvalue weighted by Gasteiger charge is 2.38. The maximum atomic E-state index is 13.7. The molecule has 2 heterocycles. The van der Waals surface area contributed by atoms with E-state index in [-0.39, 0.29) is 15.7 Å². The number of sulfone groups is 1. The fourth-order valence-corrected chi connectivity index (χ4v) is 5.09. The minimum atomic E-state index is -4.04. The first-order valence-corrected chi connectivity index (χ1v) is 11.4. The van der Waals surface area contributed by atoms with Crippen LogP contribution in [0.25, 0.3) is 0 Å². The van der Waals surface area contributed by atoms with Crippen molar-refractivity contribution in [3.8, 4) is 0 Å². The molecule has 3 aromatic carbocycles. The van der Waals surface area contributed by atoms with Crippen LogP contribution in [0.1, 0.15) is 11.1 Å². The Balaban J connectivity index is 1.63. The predicted molar refractivity (Wildman–Crippen MR) is 120 cm³/mol. The average molecular weight is 450 g/mol.